The van der Waals surface area contributed by atoms with E-state index < -0.39 is 0 Å². The zero-order valence-corrected chi connectivity index (χ0v) is 18.7. The third-order valence-corrected chi connectivity index (χ3v) is 6.70. The number of para-hydroxylation sites is 1. The summed E-state index contributed by atoms with van der Waals surface area (Å²) in [5.41, 5.74) is 1.89. The van der Waals surface area contributed by atoms with Crippen LogP contribution in [0.5, 0.6) is 5.75 Å². The minimum Gasteiger partial charge on any atom is -0.495 e. The highest BCUT2D eigenvalue weighted by molar-refractivity contribution is 6.08. The predicted molar refractivity (Wildman–Crippen MR) is 120 cm³/mol. The molecule has 2 heterocycles. The number of methoxy groups -OCH3 is 1. The number of nitrogens with zero attached hydrogens (tertiary/aromatic N) is 3. The molecule has 0 radical (unpaired) electrons. The van der Waals surface area contributed by atoms with E-state index in [1.807, 2.05) is 17.0 Å². The second kappa shape index (κ2) is 9.40. The van der Waals surface area contributed by atoms with Crippen LogP contribution in [-0.4, -0.2) is 59.6 Å². The Balaban J connectivity index is 0.00000240. The Labute approximate surface area is 180 Å². The molecule has 1 amide bonds. The Bertz CT molecular complexity index is 844. The molecule has 2 aromatic rings. The van der Waals surface area contributed by atoms with Crippen molar-refractivity contribution in [2.45, 2.75) is 52.1 Å². The molecule has 160 valence electrons. The van der Waals surface area contributed by atoms with Crippen molar-refractivity contribution < 1.29 is 9.53 Å². The molecule has 6 heteroatoms. The van der Waals surface area contributed by atoms with Crippen LogP contribution in [0.3, 0.4) is 0 Å². The topological polar surface area (TPSA) is 37.7 Å². The molecule has 2 aliphatic rings. The molecule has 0 bridgehead atoms. The van der Waals surface area contributed by atoms with Crippen molar-refractivity contribution in [2.75, 3.05) is 33.3 Å². The van der Waals surface area contributed by atoms with E-state index in [0.717, 1.165) is 54.9 Å². The Kier molecular flexibility index (Phi) is 7.12. The predicted octanol–water partition coefficient (Wildman–Crippen LogP) is 4.43. The first-order valence-corrected chi connectivity index (χ1v) is 10.8. The second-order valence-electron chi connectivity index (χ2n) is 8.43. The van der Waals surface area contributed by atoms with Crippen molar-refractivity contribution in [3.05, 3.63) is 30.0 Å². The fourth-order valence-corrected chi connectivity index (χ4v) is 5.10. The number of likely N-dealkylation sites (N-methyl/N-ethyl adjacent to an activating group) is 1. The van der Waals surface area contributed by atoms with Gasteiger partial charge in [0.25, 0.3) is 5.91 Å². The lowest BCUT2D eigenvalue weighted by atomic mass is 10.1. The van der Waals surface area contributed by atoms with E-state index in [0.29, 0.717) is 12.0 Å². The lowest BCUT2D eigenvalue weighted by Crippen LogP contribution is -2.53. The third kappa shape index (κ3) is 4.26. The first-order valence-electron chi connectivity index (χ1n) is 10.8. The van der Waals surface area contributed by atoms with Crippen molar-refractivity contribution in [3.63, 3.8) is 0 Å². The van der Waals surface area contributed by atoms with E-state index in [1.165, 1.54) is 25.7 Å². The van der Waals surface area contributed by atoms with Crippen molar-refractivity contribution in [1.29, 1.82) is 0 Å². The highest BCUT2D eigenvalue weighted by Crippen LogP contribution is 2.34. The Morgan fingerprint density at radius 3 is 2.62 bits per heavy atom. The van der Waals surface area contributed by atoms with Crippen LogP contribution in [0.25, 0.3) is 10.9 Å². The Hall–Kier alpha value is -1.72. The van der Waals surface area contributed by atoms with E-state index in [1.54, 1.807) is 7.11 Å². The number of carbonyl (C=O) groups is 1. The molecule has 1 aromatic heterocycles. The van der Waals surface area contributed by atoms with Gasteiger partial charge >= 0.3 is 0 Å². The molecule has 5 nitrogen and oxygen atoms in total. The molecule has 1 saturated heterocycles. The molecule has 1 aliphatic carbocycles. The summed E-state index contributed by atoms with van der Waals surface area (Å²) in [7, 11) is 1.72. The van der Waals surface area contributed by atoms with Gasteiger partial charge < -0.3 is 14.2 Å². The fraction of sp³-hybridized carbons (Fsp3) is 0.609. The van der Waals surface area contributed by atoms with Crippen molar-refractivity contribution in [2.24, 2.45) is 5.92 Å². The molecule has 1 atom stereocenters. The second-order valence-corrected chi connectivity index (χ2v) is 8.43. The zero-order chi connectivity index (χ0) is 19.7. The molecular formula is C23H34ClN3O2. The molecule has 2 fully saturated rings. The van der Waals surface area contributed by atoms with Gasteiger partial charge in [0.1, 0.15) is 5.75 Å². The molecule has 1 aromatic carbocycles. The molecular weight excluding hydrogens is 386 g/mol. The molecule has 0 spiro atoms. The number of halogens is 1. The quantitative estimate of drug-likeness (QED) is 0.719. The van der Waals surface area contributed by atoms with Gasteiger partial charge in [0.05, 0.1) is 18.2 Å². The Morgan fingerprint density at radius 2 is 1.97 bits per heavy atom. The summed E-state index contributed by atoms with van der Waals surface area (Å²) < 4.78 is 7.95. The number of rotatable bonds is 5. The molecule has 1 saturated carbocycles. The van der Waals surface area contributed by atoms with Gasteiger partial charge in [0.2, 0.25) is 0 Å². The first-order chi connectivity index (χ1) is 13.6. The van der Waals surface area contributed by atoms with Crippen molar-refractivity contribution in [3.8, 4) is 5.75 Å². The van der Waals surface area contributed by atoms with Gasteiger partial charge in [-0.2, -0.15) is 0 Å². The van der Waals surface area contributed by atoms with Crippen LogP contribution >= 0.6 is 12.4 Å². The van der Waals surface area contributed by atoms with Gasteiger partial charge in [0, 0.05) is 43.8 Å². The van der Waals surface area contributed by atoms with E-state index >= 15 is 0 Å². The number of benzene rings is 1. The summed E-state index contributed by atoms with van der Waals surface area (Å²) in [5, 5.41) is 1.02. The van der Waals surface area contributed by atoms with E-state index in [9.17, 15) is 4.79 Å². The van der Waals surface area contributed by atoms with Gasteiger partial charge in [0.15, 0.2) is 0 Å². The third-order valence-electron chi connectivity index (χ3n) is 6.70. The summed E-state index contributed by atoms with van der Waals surface area (Å²) in [6, 6.07) is 6.48. The molecule has 0 N–H and O–H groups in total. The van der Waals surface area contributed by atoms with Crippen LogP contribution in [0.4, 0.5) is 0 Å². The number of carbonyl (C=O) groups excluding carboxylic acids is 1. The number of hydrogen-bond donors (Lipinski definition) is 0. The molecule has 29 heavy (non-hydrogen) atoms. The average molecular weight is 420 g/mol. The van der Waals surface area contributed by atoms with Crippen LogP contribution in [0.1, 0.15) is 49.9 Å². The largest absolute Gasteiger partial charge is 0.495 e. The SMILES string of the molecule is CCN1CCN(C(=O)c2cn(CC3CCCC3)c3c(OC)cccc23)C[C@H]1C.Cl. The number of aromatic nitrogens is 1. The maximum Gasteiger partial charge on any atom is 0.256 e. The Morgan fingerprint density at radius 1 is 1.21 bits per heavy atom. The van der Waals surface area contributed by atoms with E-state index in [-0.39, 0.29) is 18.3 Å². The maximum absolute atomic E-state index is 13.5. The van der Waals surface area contributed by atoms with Crippen molar-refractivity contribution >= 4 is 29.2 Å². The van der Waals surface area contributed by atoms with Crippen LogP contribution < -0.4 is 4.74 Å². The number of hydrogen-bond acceptors (Lipinski definition) is 3. The monoisotopic (exact) mass is 419 g/mol. The molecule has 0 unspecified atom stereocenters. The standard InChI is InChI=1S/C23H33N3O2.ClH/c1-4-24-12-13-25(14-17(24)2)23(27)20-16-26(15-18-8-5-6-9-18)22-19(20)10-7-11-21(22)28-3;/h7,10-11,16-18H,4-6,8-9,12-15H2,1-3H3;1H/t17-;/m1./s1. The summed E-state index contributed by atoms with van der Waals surface area (Å²) in [6.07, 6.45) is 7.31. The summed E-state index contributed by atoms with van der Waals surface area (Å²) >= 11 is 0. The van der Waals surface area contributed by atoms with Gasteiger partial charge in [-0.15, -0.1) is 12.4 Å². The first kappa shape index (κ1) is 22.0. The number of piperazine rings is 1. The van der Waals surface area contributed by atoms with Crippen LogP contribution in [0, 0.1) is 5.92 Å². The van der Waals surface area contributed by atoms with Gasteiger partial charge in [-0.1, -0.05) is 31.9 Å². The minimum atomic E-state index is 0. The van der Waals surface area contributed by atoms with Crippen molar-refractivity contribution in [1.82, 2.24) is 14.4 Å². The zero-order valence-electron chi connectivity index (χ0n) is 17.9. The van der Waals surface area contributed by atoms with Crippen LogP contribution in [0.15, 0.2) is 24.4 Å². The lowest BCUT2D eigenvalue weighted by Gasteiger charge is -2.39. The number of fused-ring (bicyclic) bond motifs is 1. The summed E-state index contributed by atoms with van der Waals surface area (Å²) in [5.74, 6) is 1.72. The number of ether oxygens (including phenoxy) is 1. The van der Waals surface area contributed by atoms with E-state index in [4.69, 9.17) is 4.74 Å². The summed E-state index contributed by atoms with van der Waals surface area (Å²) in [6.45, 7) is 8.98. The molecule has 4 rings (SSSR count). The number of amides is 1. The van der Waals surface area contributed by atoms with Crippen LogP contribution in [-0.2, 0) is 6.54 Å². The average Bonchev–Trinajstić information content (AvgIpc) is 3.35. The van der Waals surface area contributed by atoms with Gasteiger partial charge in [-0.05, 0) is 38.3 Å². The minimum absolute atomic E-state index is 0. The smallest absolute Gasteiger partial charge is 0.256 e. The fourth-order valence-electron chi connectivity index (χ4n) is 5.10. The van der Waals surface area contributed by atoms with Gasteiger partial charge in [-0.3, -0.25) is 9.69 Å². The highest BCUT2D eigenvalue weighted by Gasteiger charge is 2.29. The van der Waals surface area contributed by atoms with Gasteiger partial charge in [-0.25, -0.2) is 0 Å². The van der Waals surface area contributed by atoms with Crippen LogP contribution in [0.2, 0.25) is 0 Å². The lowest BCUT2D eigenvalue weighted by molar-refractivity contribution is 0.0530. The summed E-state index contributed by atoms with van der Waals surface area (Å²) in [4.78, 5) is 17.9. The molecule has 1 aliphatic heterocycles. The highest BCUT2D eigenvalue weighted by atomic mass is 35.5. The van der Waals surface area contributed by atoms with E-state index in [2.05, 4.69) is 35.6 Å². The maximum atomic E-state index is 13.5. The normalized spacial score (nSPS) is 20.8.